The molecule has 1 saturated carbocycles. The van der Waals surface area contributed by atoms with Crippen molar-refractivity contribution in [3.8, 4) is 0 Å². The minimum absolute atomic E-state index is 0.0701. The molecule has 14 heavy (non-hydrogen) atoms. The molecule has 1 aromatic heterocycles. The Morgan fingerprint density at radius 2 is 2.21 bits per heavy atom. The third kappa shape index (κ3) is 1.27. The minimum atomic E-state index is -0.663. The fourth-order valence-electron chi connectivity index (χ4n) is 2.35. The van der Waals surface area contributed by atoms with E-state index >= 15 is 0 Å². The maximum absolute atomic E-state index is 11.0. The fourth-order valence-corrected chi connectivity index (χ4v) is 3.09. The number of hydrogen-bond donors (Lipinski definition) is 1. The van der Waals surface area contributed by atoms with Crippen molar-refractivity contribution in [2.24, 2.45) is 11.3 Å². The van der Waals surface area contributed by atoms with Crippen LogP contribution in [0.3, 0.4) is 0 Å². The molecule has 0 bridgehead atoms. The van der Waals surface area contributed by atoms with Crippen LogP contribution < -0.4 is 0 Å². The minimum Gasteiger partial charge on any atom is -0.481 e. The smallest absolute Gasteiger partial charge is 0.307 e. The van der Waals surface area contributed by atoms with Gasteiger partial charge in [0.2, 0.25) is 0 Å². The van der Waals surface area contributed by atoms with Crippen LogP contribution in [0.25, 0.3) is 0 Å². The quantitative estimate of drug-likeness (QED) is 0.815. The van der Waals surface area contributed by atoms with Gasteiger partial charge in [-0.15, -0.1) is 11.3 Å². The van der Waals surface area contributed by atoms with E-state index in [2.05, 4.69) is 18.4 Å². The number of aryl methyl sites for hydroxylation is 1. The fraction of sp³-hybridized carbons (Fsp3) is 0.545. The zero-order valence-corrected chi connectivity index (χ0v) is 9.39. The summed E-state index contributed by atoms with van der Waals surface area (Å²) in [5.74, 6) is -0.648. The predicted molar refractivity (Wildman–Crippen MR) is 56.7 cm³/mol. The maximum atomic E-state index is 11.0. The van der Waals surface area contributed by atoms with Crippen LogP contribution in [0, 0.1) is 18.3 Å². The van der Waals surface area contributed by atoms with Gasteiger partial charge >= 0.3 is 5.97 Å². The second-order valence-corrected chi connectivity index (χ2v) is 5.72. The Morgan fingerprint density at radius 3 is 2.57 bits per heavy atom. The normalized spacial score (nSPS) is 28.8. The molecule has 1 heterocycles. The van der Waals surface area contributed by atoms with E-state index < -0.39 is 5.97 Å². The molecule has 0 saturated heterocycles. The summed E-state index contributed by atoms with van der Waals surface area (Å²) in [6, 6.07) is 2.11. The Balaban J connectivity index is 2.27. The number of aliphatic carboxylic acids is 1. The molecular formula is C11H14O2S. The van der Waals surface area contributed by atoms with Crippen molar-refractivity contribution >= 4 is 17.3 Å². The Morgan fingerprint density at radius 1 is 1.57 bits per heavy atom. The lowest BCUT2D eigenvalue weighted by Gasteiger charge is -1.98. The van der Waals surface area contributed by atoms with Gasteiger partial charge in [-0.05, 0) is 29.3 Å². The summed E-state index contributed by atoms with van der Waals surface area (Å²) in [4.78, 5) is 12.2. The number of hydrogen-bond acceptors (Lipinski definition) is 2. The van der Waals surface area contributed by atoms with E-state index in [0.29, 0.717) is 0 Å². The van der Waals surface area contributed by atoms with Gasteiger partial charge in [-0.3, -0.25) is 4.79 Å². The van der Waals surface area contributed by atoms with Crippen molar-refractivity contribution in [3.63, 3.8) is 0 Å². The van der Waals surface area contributed by atoms with Gasteiger partial charge in [-0.1, -0.05) is 13.8 Å². The van der Waals surface area contributed by atoms with Gasteiger partial charge in [-0.2, -0.15) is 0 Å². The standard InChI is InChI=1S/C11H14O2S/c1-6-4-7(5-14-6)8-9(10(12)13)11(8,2)3/h4-5,8-9H,1-3H3,(H,12,13). The van der Waals surface area contributed by atoms with E-state index in [1.165, 1.54) is 10.4 Å². The zero-order valence-electron chi connectivity index (χ0n) is 8.57. The van der Waals surface area contributed by atoms with E-state index in [-0.39, 0.29) is 17.3 Å². The molecule has 1 fully saturated rings. The van der Waals surface area contributed by atoms with Crippen molar-refractivity contribution in [2.45, 2.75) is 26.7 Å². The van der Waals surface area contributed by atoms with Crippen molar-refractivity contribution in [2.75, 3.05) is 0 Å². The van der Waals surface area contributed by atoms with Crippen LogP contribution in [0.4, 0.5) is 0 Å². The van der Waals surface area contributed by atoms with Crippen molar-refractivity contribution in [1.29, 1.82) is 0 Å². The first-order valence-electron chi connectivity index (χ1n) is 4.72. The highest BCUT2D eigenvalue weighted by atomic mass is 32.1. The number of carboxylic acid groups (broad SMARTS) is 1. The molecule has 2 nitrogen and oxygen atoms in total. The van der Waals surface area contributed by atoms with E-state index in [1.807, 2.05) is 13.8 Å². The van der Waals surface area contributed by atoms with Gasteiger partial charge in [0.1, 0.15) is 0 Å². The molecule has 1 aliphatic rings. The largest absolute Gasteiger partial charge is 0.481 e. The molecule has 2 rings (SSSR count). The van der Waals surface area contributed by atoms with Gasteiger partial charge in [0, 0.05) is 10.8 Å². The summed E-state index contributed by atoms with van der Waals surface area (Å²) >= 11 is 1.69. The SMILES string of the molecule is Cc1cc(C2C(C(=O)O)C2(C)C)cs1. The summed E-state index contributed by atoms with van der Waals surface area (Å²) in [6.45, 7) is 6.12. The Bertz CT molecular complexity index is 378. The average Bonchev–Trinajstić information content (AvgIpc) is 2.42. The summed E-state index contributed by atoms with van der Waals surface area (Å²) in [5, 5.41) is 11.1. The van der Waals surface area contributed by atoms with Crippen molar-refractivity contribution in [1.82, 2.24) is 0 Å². The van der Waals surface area contributed by atoms with E-state index in [4.69, 9.17) is 5.11 Å². The highest BCUT2D eigenvalue weighted by molar-refractivity contribution is 7.10. The van der Waals surface area contributed by atoms with Crippen LogP contribution in [0.1, 0.15) is 30.2 Å². The van der Waals surface area contributed by atoms with E-state index in [0.717, 1.165) is 0 Å². The van der Waals surface area contributed by atoms with Gasteiger partial charge in [-0.25, -0.2) is 0 Å². The summed E-state index contributed by atoms with van der Waals surface area (Å²) in [5.41, 5.74) is 1.13. The second-order valence-electron chi connectivity index (χ2n) is 4.61. The average molecular weight is 210 g/mol. The molecule has 0 spiro atoms. The van der Waals surface area contributed by atoms with Gasteiger partial charge in [0.05, 0.1) is 5.92 Å². The third-order valence-electron chi connectivity index (χ3n) is 3.20. The first-order chi connectivity index (χ1) is 6.44. The molecule has 2 atom stereocenters. The molecule has 1 aromatic rings. The van der Waals surface area contributed by atoms with Crippen LogP contribution in [-0.2, 0) is 4.79 Å². The molecule has 0 aliphatic heterocycles. The molecule has 0 amide bonds. The number of carboxylic acids is 1. The molecule has 2 unspecified atom stereocenters. The summed E-state index contributed by atoms with van der Waals surface area (Å²) < 4.78 is 0. The van der Waals surface area contributed by atoms with Gasteiger partial charge in [0.25, 0.3) is 0 Å². The highest BCUT2D eigenvalue weighted by Gasteiger charge is 2.62. The van der Waals surface area contributed by atoms with E-state index in [1.54, 1.807) is 11.3 Å². The lowest BCUT2D eigenvalue weighted by atomic mass is 10.1. The topological polar surface area (TPSA) is 37.3 Å². The first-order valence-corrected chi connectivity index (χ1v) is 5.60. The van der Waals surface area contributed by atoms with Crippen LogP contribution >= 0.6 is 11.3 Å². The number of rotatable bonds is 2. The monoisotopic (exact) mass is 210 g/mol. The summed E-state index contributed by atoms with van der Waals surface area (Å²) in [7, 11) is 0. The van der Waals surface area contributed by atoms with Gasteiger partial charge < -0.3 is 5.11 Å². The van der Waals surface area contributed by atoms with E-state index in [9.17, 15) is 4.79 Å². The van der Waals surface area contributed by atoms with Crippen LogP contribution in [0.2, 0.25) is 0 Å². The first kappa shape index (κ1) is 9.71. The molecule has 0 radical (unpaired) electrons. The number of thiophene rings is 1. The van der Waals surface area contributed by atoms with Crippen molar-refractivity contribution in [3.05, 3.63) is 21.9 Å². The molecule has 1 N–H and O–H groups in total. The zero-order chi connectivity index (χ0) is 10.5. The maximum Gasteiger partial charge on any atom is 0.307 e. The Labute approximate surface area is 87.6 Å². The molecule has 1 aliphatic carbocycles. The van der Waals surface area contributed by atoms with Crippen LogP contribution in [0.5, 0.6) is 0 Å². The van der Waals surface area contributed by atoms with Crippen LogP contribution in [-0.4, -0.2) is 11.1 Å². The molecule has 76 valence electrons. The Hall–Kier alpha value is -0.830. The predicted octanol–water partition coefficient (Wildman–Crippen LogP) is 2.88. The lowest BCUT2D eigenvalue weighted by molar-refractivity contribution is -0.139. The lowest BCUT2D eigenvalue weighted by Crippen LogP contribution is -2.02. The number of carbonyl (C=O) groups is 1. The van der Waals surface area contributed by atoms with Gasteiger partial charge in [0.15, 0.2) is 0 Å². The Kier molecular flexibility index (Phi) is 1.96. The third-order valence-corrected chi connectivity index (χ3v) is 4.08. The van der Waals surface area contributed by atoms with Crippen molar-refractivity contribution < 1.29 is 9.90 Å². The second kappa shape index (κ2) is 2.83. The highest BCUT2D eigenvalue weighted by Crippen LogP contribution is 2.64. The molecule has 0 aromatic carbocycles. The summed E-state index contributed by atoms with van der Waals surface area (Å²) in [6.07, 6.45) is 0. The van der Waals surface area contributed by atoms with Crippen LogP contribution in [0.15, 0.2) is 11.4 Å². The molecular weight excluding hydrogens is 196 g/mol. The molecule has 3 heteroatoms.